The molecule has 3 aromatic rings. The molecule has 7 heteroatoms. The lowest BCUT2D eigenvalue weighted by Crippen LogP contribution is -2.31. The van der Waals surface area contributed by atoms with Crippen LogP contribution in [-0.4, -0.2) is 23.0 Å². The maximum Gasteiger partial charge on any atom is 0.321 e. The van der Waals surface area contributed by atoms with Crippen molar-refractivity contribution in [3.8, 4) is 0 Å². The third kappa shape index (κ3) is 3.64. The van der Waals surface area contributed by atoms with Crippen molar-refractivity contribution in [3.63, 3.8) is 0 Å². The molecule has 128 valence electrons. The van der Waals surface area contributed by atoms with Crippen LogP contribution in [0.1, 0.15) is 5.56 Å². The number of benzene rings is 2. The fraction of sp³-hybridized carbons (Fsp3) is 0.111. The Balaban J connectivity index is 1.79. The second kappa shape index (κ2) is 6.94. The van der Waals surface area contributed by atoms with E-state index in [0.29, 0.717) is 11.1 Å². The van der Waals surface area contributed by atoms with Crippen molar-refractivity contribution in [3.05, 3.63) is 75.4 Å². The summed E-state index contributed by atoms with van der Waals surface area (Å²) in [7, 11) is 1.63. The fourth-order valence-electron chi connectivity index (χ4n) is 2.52. The Morgan fingerprint density at radius 1 is 1.24 bits per heavy atom. The monoisotopic (exact) mass is 359 g/mol. The summed E-state index contributed by atoms with van der Waals surface area (Å²) in [5.74, 6) is -0.548. The van der Waals surface area contributed by atoms with Gasteiger partial charge in [-0.25, -0.2) is 9.18 Å². The molecule has 1 aromatic heterocycles. The molecule has 2 amide bonds. The van der Waals surface area contributed by atoms with Gasteiger partial charge in [-0.2, -0.15) is 0 Å². The van der Waals surface area contributed by atoms with Gasteiger partial charge in [0.15, 0.2) is 0 Å². The average Bonchev–Trinajstić information content (AvgIpc) is 2.60. The molecule has 2 aromatic carbocycles. The Labute approximate surface area is 148 Å². The Bertz CT molecular complexity index is 1000. The van der Waals surface area contributed by atoms with E-state index in [0.717, 1.165) is 10.9 Å². The van der Waals surface area contributed by atoms with E-state index in [-0.39, 0.29) is 23.2 Å². The van der Waals surface area contributed by atoms with Gasteiger partial charge in [0, 0.05) is 30.9 Å². The van der Waals surface area contributed by atoms with Crippen LogP contribution in [0.4, 0.5) is 14.9 Å². The standard InChI is InChI=1S/C18H15ClFN3O2/c1-23(18(25)22-12-6-7-16(20)15(19)8-12)10-11-9-21-17(24)14-5-3-2-4-13(11)14/h2-9H,10H2,1H3,(H,21,24)(H,22,25). The van der Waals surface area contributed by atoms with Crippen LogP contribution in [-0.2, 0) is 6.54 Å². The average molecular weight is 360 g/mol. The first-order chi connectivity index (χ1) is 12.0. The predicted octanol–water partition coefficient (Wildman–Crippen LogP) is 3.98. The van der Waals surface area contributed by atoms with Gasteiger partial charge in [0.1, 0.15) is 5.82 Å². The van der Waals surface area contributed by atoms with E-state index < -0.39 is 5.82 Å². The van der Waals surface area contributed by atoms with Crippen molar-refractivity contribution >= 4 is 34.1 Å². The van der Waals surface area contributed by atoms with Gasteiger partial charge in [-0.1, -0.05) is 29.8 Å². The van der Waals surface area contributed by atoms with Crippen molar-refractivity contribution < 1.29 is 9.18 Å². The summed E-state index contributed by atoms with van der Waals surface area (Å²) in [5.41, 5.74) is 1.03. The predicted molar refractivity (Wildman–Crippen MR) is 96.5 cm³/mol. The number of pyridine rings is 1. The van der Waals surface area contributed by atoms with Gasteiger partial charge in [0.2, 0.25) is 0 Å². The molecule has 0 saturated carbocycles. The molecule has 0 saturated heterocycles. The van der Waals surface area contributed by atoms with Gasteiger partial charge in [-0.15, -0.1) is 0 Å². The Hall–Kier alpha value is -2.86. The minimum atomic E-state index is -0.548. The normalized spacial score (nSPS) is 10.7. The number of carbonyl (C=O) groups is 1. The van der Waals surface area contributed by atoms with Crippen LogP contribution in [0, 0.1) is 5.82 Å². The van der Waals surface area contributed by atoms with Crippen LogP contribution >= 0.6 is 11.6 Å². The molecular weight excluding hydrogens is 345 g/mol. The van der Waals surface area contributed by atoms with Crippen LogP contribution in [0.5, 0.6) is 0 Å². The van der Waals surface area contributed by atoms with Gasteiger partial charge < -0.3 is 15.2 Å². The third-order valence-electron chi connectivity index (χ3n) is 3.82. The van der Waals surface area contributed by atoms with Crippen molar-refractivity contribution in [2.75, 3.05) is 12.4 Å². The van der Waals surface area contributed by atoms with E-state index >= 15 is 0 Å². The summed E-state index contributed by atoms with van der Waals surface area (Å²) in [6, 6.07) is 10.8. The SMILES string of the molecule is CN(Cc1c[nH]c(=O)c2ccccc12)C(=O)Nc1ccc(F)c(Cl)c1. The minimum absolute atomic E-state index is 0.0629. The van der Waals surface area contributed by atoms with Crippen molar-refractivity contribution in [1.29, 1.82) is 0 Å². The lowest BCUT2D eigenvalue weighted by atomic mass is 10.1. The molecular formula is C18H15ClFN3O2. The zero-order chi connectivity index (χ0) is 18.0. The molecule has 0 radical (unpaired) electrons. The lowest BCUT2D eigenvalue weighted by molar-refractivity contribution is 0.221. The van der Waals surface area contributed by atoms with Crippen molar-refractivity contribution in [2.24, 2.45) is 0 Å². The Morgan fingerprint density at radius 2 is 1.96 bits per heavy atom. The topological polar surface area (TPSA) is 65.2 Å². The second-order valence-electron chi connectivity index (χ2n) is 5.60. The minimum Gasteiger partial charge on any atom is -0.328 e. The highest BCUT2D eigenvalue weighted by Gasteiger charge is 2.13. The summed E-state index contributed by atoms with van der Waals surface area (Å²) in [4.78, 5) is 28.3. The van der Waals surface area contributed by atoms with Gasteiger partial charge in [0.05, 0.1) is 5.02 Å². The molecule has 0 unspecified atom stereocenters. The third-order valence-corrected chi connectivity index (χ3v) is 4.11. The number of fused-ring (bicyclic) bond motifs is 1. The number of aromatic nitrogens is 1. The number of carbonyl (C=O) groups excluding carboxylic acids is 1. The molecule has 0 fully saturated rings. The number of hydrogen-bond donors (Lipinski definition) is 2. The van der Waals surface area contributed by atoms with E-state index in [4.69, 9.17) is 11.6 Å². The van der Waals surface area contributed by atoms with Crippen LogP contribution in [0.2, 0.25) is 5.02 Å². The molecule has 0 aliphatic carbocycles. The van der Waals surface area contributed by atoms with E-state index in [1.54, 1.807) is 25.4 Å². The smallest absolute Gasteiger partial charge is 0.321 e. The molecule has 5 nitrogen and oxygen atoms in total. The zero-order valence-corrected chi connectivity index (χ0v) is 14.1. The number of nitrogens with zero attached hydrogens (tertiary/aromatic N) is 1. The number of amides is 2. The van der Waals surface area contributed by atoms with Crippen LogP contribution in [0.15, 0.2) is 53.5 Å². The molecule has 0 bridgehead atoms. The number of H-pyrrole nitrogens is 1. The highest BCUT2D eigenvalue weighted by molar-refractivity contribution is 6.31. The van der Waals surface area contributed by atoms with Crippen LogP contribution in [0.25, 0.3) is 10.8 Å². The molecule has 3 rings (SSSR count). The first kappa shape index (κ1) is 17.0. The molecule has 0 aliphatic heterocycles. The van der Waals surface area contributed by atoms with Crippen LogP contribution in [0.3, 0.4) is 0 Å². The molecule has 2 N–H and O–H groups in total. The summed E-state index contributed by atoms with van der Waals surface area (Å²) >= 11 is 5.71. The van der Waals surface area contributed by atoms with Crippen molar-refractivity contribution in [2.45, 2.75) is 6.54 Å². The number of rotatable bonds is 3. The number of nitrogens with one attached hydrogen (secondary N) is 2. The summed E-state index contributed by atoms with van der Waals surface area (Å²) in [6.45, 7) is 0.290. The Morgan fingerprint density at radius 3 is 2.68 bits per heavy atom. The molecule has 0 spiro atoms. The summed E-state index contributed by atoms with van der Waals surface area (Å²) in [6.07, 6.45) is 1.60. The Kier molecular flexibility index (Phi) is 4.72. The number of anilines is 1. The van der Waals surface area contributed by atoms with Gasteiger partial charge in [-0.05, 0) is 35.2 Å². The first-order valence-electron chi connectivity index (χ1n) is 7.52. The van der Waals surface area contributed by atoms with E-state index in [9.17, 15) is 14.0 Å². The highest BCUT2D eigenvalue weighted by atomic mass is 35.5. The fourth-order valence-corrected chi connectivity index (χ4v) is 2.70. The summed E-state index contributed by atoms with van der Waals surface area (Å²) in [5, 5.41) is 3.95. The molecule has 0 atom stereocenters. The van der Waals surface area contributed by atoms with E-state index in [2.05, 4.69) is 10.3 Å². The van der Waals surface area contributed by atoms with Gasteiger partial charge in [-0.3, -0.25) is 4.79 Å². The lowest BCUT2D eigenvalue weighted by Gasteiger charge is -2.19. The largest absolute Gasteiger partial charge is 0.328 e. The summed E-state index contributed by atoms with van der Waals surface area (Å²) < 4.78 is 13.2. The maximum atomic E-state index is 13.2. The quantitative estimate of drug-likeness (QED) is 0.742. The van der Waals surface area contributed by atoms with Crippen molar-refractivity contribution in [1.82, 2.24) is 9.88 Å². The molecule has 0 aliphatic rings. The van der Waals surface area contributed by atoms with Gasteiger partial charge in [0.25, 0.3) is 5.56 Å². The molecule has 25 heavy (non-hydrogen) atoms. The highest BCUT2D eigenvalue weighted by Crippen LogP contribution is 2.20. The number of hydrogen-bond acceptors (Lipinski definition) is 2. The maximum absolute atomic E-state index is 13.2. The van der Waals surface area contributed by atoms with E-state index in [1.807, 2.05) is 12.1 Å². The first-order valence-corrected chi connectivity index (χ1v) is 7.90. The molecule has 1 heterocycles. The van der Waals surface area contributed by atoms with Gasteiger partial charge >= 0.3 is 6.03 Å². The van der Waals surface area contributed by atoms with E-state index in [1.165, 1.54) is 23.1 Å². The number of halogens is 2. The van der Waals surface area contributed by atoms with Crippen LogP contribution < -0.4 is 10.9 Å². The zero-order valence-electron chi connectivity index (χ0n) is 13.3. The second-order valence-corrected chi connectivity index (χ2v) is 6.01. The number of urea groups is 1. The number of aromatic amines is 1.